The first kappa shape index (κ1) is 24.3. The number of ether oxygens (including phenoxy) is 1. The van der Waals surface area contributed by atoms with Crippen molar-refractivity contribution in [1.29, 1.82) is 0 Å². The van der Waals surface area contributed by atoms with Crippen LogP contribution in [0.5, 0.6) is 0 Å². The van der Waals surface area contributed by atoms with Gasteiger partial charge in [0.1, 0.15) is 12.4 Å². The number of hydrogen-bond acceptors (Lipinski definition) is 4. The number of carbonyl (C=O) groups is 1. The van der Waals surface area contributed by atoms with Gasteiger partial charge in [-0.3, -0.25) is 0 Å². The van der Waals surface area contributed by atoms with Crippen LogP contribution in [0.2, 0.25) is 18.1 Å². The van der Waals surface area contributed by atoms with Gasteiger partial charge in [0.2, 0.25) is 0 Å². The number of hydrogen-bond donors (Lipinski definition) is 2. The molecule has 0 aliphatic heterocycles. The quantitative estimate of drug-likeness (QED) is 0.505. The van der Waals surface area contributed by atoms with Crippen LogP contribution in [0.15, 0.2) is 30.3 Å². The molecule has 7 heteroatoms. The third-order valence-electron chi connectivity index (χ3n) is 5.89. The van der Waals surface area contributed by atoms with E-state index in [4.69, 9.17) is 4.74 Å². The molecule has 0 saturated carbocycles. The van der Waals surface area contributed by atoms with Crippen LogP contribution in [-0.4, -0.2) is 40.3 Å². The highest BCUT2D eigenvalue weighted by atomic mass is 28.4. The average molecular weight is 433 g/mol. The smallest absolute Gasteiger partial charge is 0.356 e. The second kappa shape index (κ2) is 9.04. The summed E-state index contributed by atoms with van der Waals surface area (Å²) in [4.78, 5) is 27.2. The summed E-state index contributed by atoms with van der Waals surface area (Å²) in [6.07, 6.45) is 0.804. The SMILES string of the molecule is CCOCc1nc(C(=O)O)c(-c2ccccc2)n1CC(C)(C)CC(C)(C)[Si](C)(C)O. The van der Waals surface area contributed by atoms with Gasteiger partial charge in [0, 0.05) is 18.7 Å². The fraction of sp³-hybridized carbons (Fsp3) is 0.565. The molecule has 0 unspecified atom stereocenters. The molecule has 166 valence electrons. The third kappa shape index (κ3) is 5.59. The van der Waals surface area contributed by atoms with E-state index >= 15 is 0 Å². The van der Waals surface area contributed by atoms with Crippen LogP contribution in [0.4, 0.5) is 0 Å². The number of aromatic nitrogens is 2. The summed E-state index contributed by atoms with van der Waals surface area (Å²) in [7, 11) is -2.38. The van der Waals surface area contributed by atoms with Gasteiger partial charge in [-0.1, -0.05) is 58.0 Å². The van der Waals surface area contributed by atoms with Gasteiger partial charge in [0.15, 0.2) is 14.0 Å². The summed E-state index contributed by atoms with van der Waals surface area (Å²) >= 11 is 0. The van der Waals surface area contributed by atoms with E-state index in [9.17, 15) is 14.7 Å². The molecular formula is C23H36N2O4Si. The van der Waals surface area contributed by atoms with Gasteiger partial charge >= 0.3 is 5.97 Å². The summed E-state index contributed by atoms with van der Waals surface area (Å²) in [5.74, 6) is -0.438. The first-order chi connectivity index (χ1) is 13.8. The Morgan fingerprint density at radius 2 is 1.77 bits per heavy atom. The molecule has 0 aliphatic rings. The normalized spacial score (nSPS) is 12.9. The third-order valence-corrected chi connectivity index (χ3v) is 9.38. The summed E-state index contributed by atoms with van der Waals surface area (Å²) in [5, 5.41) is 9.64. The number of rotatable bonds is 10. The minimum Gasteiger partial charge on any atom is -0.476 e. The Kier molecular flexibility index (Phi) is 7.32. The van der Waals surface area contributed by atoms with E-state index in [1.165, 1.54) is 0 Å². The lowest BCUT2D eigenvalue weighted by Gasteiger charge is -2.41. The van der Waals surface area contributed by atoms with Crippen molar-refractivity contribution in [2.75, 3.05) is 6.61 Å². The van der Waals surface area contributed by atoms with E-state index in [2.05, 4.69) is 32.7 Å². The zero-order valence-corrected chi connectivity index (χ0v) is 20.3. The summed E-state index contributed by atoms with van der Waals surface area (Å²) in [5.41, 5.74) is 1.27. The van der Waals surface area contributed by atoms with Gasteiger partial charge in [-0.2, -0.15) is 0 Å². The number of nitrogens with zero attached hydrogens (tertiary/aromatic N) is 2. The van der Waals surface area contributed by atoms with Gasteiger partial charge in [-0.15, -0.1) is 0 Å². The monoisotopic (exact) mass is 432 g/mol. The van der Waals surface area contributed by atoms with Crippen molar-refractivity contribution in [3.63, 3.8) is 0 Å². The number of carboxylic acids is 1. The lowest BCUT2D eigenvalue weighted by atomic mass is 9.83. The van der Waals surface area contributed by atoms with Gasteiger partial charge in [-0.25, -0.2) is 9.78 Å². The molecule has 2 aromatic rings. The van der Waals surface area contributed by atoms with Crippen molar-refractivity contribution in [3.05, 3.63) is 41.9 Å². The Labute approximate surface area is 181 Å². The molecule has 30 heavy (non-hydrogen) atoms. The van der Waals surface area contributed by atoms with Gasteiger partial charge < -0.3 is 19.2 Å². The Bertz CT molecular complexity index is 867. The fourth-order valence-corrected chi connectivity index (χ4v) is 4.82. The lowest BCUT2D eigenvalue weighted by Crippen LogP contribution is -2.42. The standard InChI is InChI=1S/C23H36N2O4Si/c1-8-29-14-18-24-19(21(26)27)20(17-12-10-9-11-13-17)25(18)16-22(2,3)15-23(4,5)30(6,7)28/h9-13,28H,8,14-16H2,1-7H3,(H,26,27). The van der Waals surface area contributed by atoms with Crippen molar-refractivity contribution in [2.24, 2.45) is 5.41 Å². The van der Waals surface area contributed by atoms with Crippen LogP contribution in [0.25, 0.3) is 11.3 Å². The van der Waals surface area contributed by atoms with Crippen molar-refractivity contribution in [2.45, 2.75) is 72.3 Å². The minimum absolute atomic E-state index is 0.0443. The molecule has 0 atom stereocenters. The van der Waals surface area contributed by atoms with Crippen LogP contribution in [-0.2, 0) is 17.9 Å². The molecule has 1 aromatic carbocycles. The van der Waals surface area contributed by atoms with Crippen molar-refractivity contribution >= 4 is 14.3 Å². The molecule has 2 rings (SSSR count). The highest BCUT2D eigenvalue weighted by Gasteiger charge is 2.42. The van der Waals surface area contributed by atoms with Gasteiger partial charge in [0.05, 0.1) is 5.69 Å². The zero-order chi connectivity index (χ0) is 22.7. The second-order valence-corrected chi connectivity index (χ2v) is 14.4. The molecule has 0 amide bonds. The zero-order valence-electron chi connectivity index (χ0n) is 19.3. The largest absolute Gasteiger partial charge is 0.476 e. The lowest BCUT2D eigenvalue weighted by molar-refractivity contribution is 0.0691. The van der Waals surface area contributed by atoms with Crippen LogP contribution in [0, 0.1) is 5.41 Å². The maximum atomic E-state index is 12.0. The second-order valence-electron chi connectivity index (χ2n) is 9.90. The minimum atomic E-state index is -2.38. The number of imidazole rings is 1. The molecule has 0 bridgehead atoms. The Morgan fingerprint density at radius 3 is 2.27 bits per heavy atom. The Hall–Kier alpha value is -1.96. The van der Waals surface area contributed by atoms with Crippen molar-refractivity contribution in [1.82, 2.24) is 9.55 Å². The maximum absolute atomic E-state index is 12.0. The fourth-order valence-electron chi connectivity index (χ4n) is 3.91. The number of carboxylic acid groups (broad SMARTS) is 1. The van der Waals surface area contributed by atoms with Gasteiger partial charge in [-0.05, 0) is 36.9 Å². The number of benzene rings is 1. The Balaban J connectivity index is 2.57. The maximum Gasteiger partial charge on any atom is 0.356 e. The topological polar surface area (TPSA) is 84.6 Å². The number of aromatic carboxylic acids is 1. The van der Waals surface area contributed by atoms with Crippen molar-refractivity contribution < 1.29 is 19.4 Å². The highest BCUT2D eigenvalue weighted by molar-refractivity contribution is 6.72. The molecule has 2 N–H and O–H groups in total. The van der Waals surface area contributed by atoms with Crippen molar-refractivity contribution in [3.8, 4) is 11.3 Å². The molecule has 1 heterocycles. The molecular weight excluding hydrogens is 396 g/mol. The molecule has 6 nitrogen and oxygen atoms in total. The van der Waals surface area contributed by atoms with E-state index in [0.717, 1.165) is 12.0 Å². The first-order valence-corrected chi connectivity index (χ1v) is 13.4. The average Bonchev–Trinajstić information content (AvgIpc) is 2.96. The van der Waals surface area contributed by atoms with E-state index in [0.29, 0.717) is 24.7 Å². The molecule has 0 saturated heterocycles. The Morgan fingerprint density at radius 1 is 1.17 bits per heavy atom. The molecule has 0 radical (unpaired) electrons. The van der Waals surface area contributed by atoms with Crippen LogP contribution in [0.1, 0.15) is 57.4 Å². The summed E-state index contributed by atoms with van der Waals surface area (Å²) in [6, 6.07) is 9.52. The van der Waals surface area contributed by atoms with Crippen LogP contribution in [0.3, 0.4) is 0 Å². The summed E-state index contributed by atoms with van der Waals surface area (Å²) in [6.45, 7) is 15.8. The van der Waals surface area contributed by atoms with Gasteiger partial charge in [0.25, 0.3) is 0 Å². The van der Waals surface area contributed by atoms with E-state index in [-0.39, 0.29) is 22.8 Å². The van der Waals surface area contributed by atoms with E-state index in [1.807, 2.05) is 54.9 Å². The predicted molar refractivity (Wildman–Crippen MR) is 122 cm³/mol. The molecule has 0 aliphatic carbocycles. The molecule has 0 fully saturated rings. The first-order valence-electron chi connectivity index (χ1n) is 10.5. The predicted octanol–water partition coefficient (Wildman–Crippen LogP) is 5.18. The van der Waals surface area contributed by atoms with Crippen LogP contribution >= 0.6 is 0 Å². The van der Waals surface area contributed by atoms with E-state index < -0.39 is 14.3 Å². The van der Waals surface area contributed by atoms with Crippen LogP contribution < -0.4 is 0 Å². The summed E-state index contributed by atoms with van der Waals surface area (Å²) < 4.78 is 7.60. The van der Waals surface area contributed by atoms with E-state index in [1.54, 1.807) is 0 Å². The highest BCUT2D eigenvalue weighted by Crippen LogP contribution is 2.46. The molecule has 0 spiro atoms. The molecule has 1 aromatic heterocycles.